The number of primary amides is 1. The molecule has 0 aromatic carbocycles. The number of nitrogens with zero attached hydrogens (tertiary/aromatic N) is 1. The molecule has 0 spiro atoms. The molecular weight excluding hydrogens is 268 g/mol. The fraction of sp³-hybridized carbons (Fsp3) is 0.455. The molecule has 5 nitrogen and oxygen atoms in total. The van der Waals surface area contributed by atoms with Crippen molar-refractivity contribution < 1.29 is 4.79 Å². The van der Waals surface area contributed by atoms with Crippen LogP contribution in [0, 0.1) is 0 Å². The molecule has 1 aliphatic rings. The second-order valence-electron chi connectivity index (χ2n) is 3.97. The topological polar surface area (TPSA) is 94.0 Å². The van der Waals surface area contributed by atoms with Gasteiger partial charge >= 0.3 is 0 Å². The van der Waals surface area contributed by atoms with Gasteiger partial charge in [-0.15, -0.1) is 0 Å². The second kappa shape index (κ2) is 6.19. The van der Waals surface area contributed by atoms with E-state index in [4.69, 9.17) is 11.5 Å². The standard InChI is InChI=1S/C11H16N4OS2/c12-9-5-15-10(3-8(9)11(13)16)14-4-7-6-17-1-2-18-7/h3,5,7H,1-2,4,6,12H2,(H2,13,16)(H,14,15). The molecule has 98 valence electrons. The summed E-state index contributed by atoms with van der Waals surface area (Å²) in [7, 11) is 0. The Balaban J connectivity index is 1.96. The van der Waals surface area contributed by atoms with E-state index >= 15 is 0 Å². The maximum absolute atomic E-state index is 11.2. The highest BCUT2D eigenvalue weighted by Gasteiger charge is 2.14. The van der Waals surface area contributed by atoms with Gasteiger partial charge in [0.05, 0.1) is 17.4 Å². The molecule has 1 aromatic heterocycles. The van der Waals surface area contributed by atoms with Crippen molar-refractivity contribution in [2.45, 2.75) is 5.25 Å². The van der Waals surface area contributed by atoms with Crippen molar-refractivity contribution in [1.29, 1.82) is 0 Å². The minimum Gasteiger partial charge on any atom is -0.397 e. The molecule has 1 amide bonds. The highest BCUT2D eigenvalue weighted by Crippen LogP contribution is 2.24. The van der Waals surface area contributed by atoms with Gasteiger partial charge in [-0.3, -0.25) is 4.79 Å². The van der Waals surface area contributed by atoms with Crippen LogP contribution in [0.25, 0.3) is 0 Å². The molecule has 1 fully saturated rings. The number of thioether (sulfide) groups is 2. The van der Waals surface area contributed by atoms with Gasteiger partial charge < -0.3 is 16.8 Å². The van der Waals surface area contributed by atoms with E-state index in [-0.39, 0.29) is 0 Å². The Labute approximate surface area is 114 Å². The third kappa shape index (κ3) is 3.46. The molecule has 1 unspecified atom stereocenters. The SMILES string of the molecule is NC(=O)c1cc(NCC2CSCCS2)ncc1N. The molecule has 0 aliphatic carbocycles. The summed E-state index contributed by atoms with van der Waals surface area (Å²) in [5, 5.41) is 3.81. The lowest BCUT2D eigenvalue weighted by molar-refractivity contribution is 0.100. The first-order chi connectivity index (χ1) is 8.66. The minimum absolute atomic E-state index is 0.315. The Kier molecular flexibility index (Phi) is 4.60. The normalized spacial score (nSPS) is 19.4. The zero-order valence-electron chi connectivity index (χ0n) is 9.89. The first-order valence-electron chi connectivity index (χ1n) is 5.65. The Morgan fingerprint density at radius 3 is 3.06 bits per heavy atom. The van der Waals surface area contributed by atoms with Gasteiger partial charge in [0, 0.05) is 29.1 Å². The highest BCUT2D eigenvalue weighted by molar-refractivity contribution is 8.06. The first-order valence-corrected chi connectivity index (χ1v) is 7.85. The van der Waals surface area contributed by atoms with E-state index in [0.29, 0.717) is 22.3 Å². The van der Waals surface area contributed by atoms with Crippen molar-refractivity contribution in [3.05, 3.63) is 17.8 Å². The summed E-state index contributed by atoms with van der Waals surface area (Å²) in [6.45, 7) is 0.840. The molecular formula is C11H16N4OS2. The van der Waals surface area contributed by atoms with E-state index < -0.39 is 5.91 Å². The molecule has 0 saturated carbocycles. The van der Waals surface area contributed by atoms with E-state index in [1.54, 1.807) is 6.07 Å². The number of anilines is 2. The Morgan fingerprint density at radius 1 is 1.56 bits per heavy atom. The van der Waals surface area contributed by atoms with Crippen LogP contribution in [0.1, 0.15) is 10.4 Å². The van der Waals surface area contributed by atoms with Crippen molar-refractivity contribution in [2.75, 3.05) is 34.9 Å². The van der Waals surface area contributed by atoms with Gasteiger partial charge in [-0.05, 0) is 6.07 Å². The third-order valence-electron chi connectivity index (χ3n) is 2.60. The average Bonchev–Trinajstić information content (AvgIpc) is 2.38. The molecule has 0 radical (unpaired) electrons. The number of rotatable bonds is 4. The van der Waals surface area contributed by atoms with E-state index in [0.717, 1.165) is 12.3 Å². The number of amides is 1. The monoisotopic (exact) mass is 284 g/mol. The number of nitrogens with two attached hydrogens (primary N) is 2. The van der Waals surface area contributed by atoms with Gasteiger partial charge in [-0.25, -0.2) is 4.98 Å². The van der Waals surface area contributed by atoms with Gasteiger partial charge in [0.25, 0.3) is 5.91 Å². The van der Waals surface area contributed by atoms with Gasteiger partial charge in [0.1, 0.15) is 5.82 Å². The molecule has 1 atom stereocenters. The zero-order chi connectivity index (χ0) is 13.0. The first kappa shape index (κ1) is 13.4. The highest BCUT2D eigenvalue weighted by atomic mass is 32.2. The molecule has 2 rings (SSSR count). The van der Waals surface area contributed by atoms with Gasteiger partial charge in [0.15, 0.2) is 0 Å². The average molecular weight is 284 g/mol. The minimum atomic E-state index is -0.527. The fourth-order valence-electron chi connectivity index (χ4n) is 1.65. The molecule has 1 saturated heterocycles. The van der Waals surface area contributed by atoms with E-state index in [9.17, 15) is 4.79 Å². The maximum Gasteiger partial charge on any atom is 0.250 e. The van der Waals surface area contributed by atoms with Gasteiger partial charge in [-0.1, -0.05) is 0 Å². The van der Waals surface area contributed by atoms with Crippen molar-refractivity contribution in [1.82, 2.24) is 4.98 Å². The largest absolute Gasteiger partial charge is 0.397 e. The molecule has 0 bridgehead atoms. The summed E-state index contributed by atoms with van der Waals surface area (Å²) in [5.74, 6) is 3.69. The van der Waals surface area contributed by atoms with Crippen LogP contribution in [-0.2, 0) is 0 Å². The van der Waals surface area contributed by atoms with Crippen molar-refractivity contribution in [3.63, 3.8) is 0 Å². The predicted octanol–water partition coefficient (Wildman–Crippen LogP) is 1.02. The second-order valence-corrected chi connectivity index (χ2v) is 6.53. The number of nitrogens with one attached hydrogen (secondary N) is 1. The number of carbonyl (C=O) groups is 1. The molecule has 5 N–H and O–H groups in total. The lowest BCUT2D eigenvalue weighted by Crippen LogP contribution is -2.24. The van der Waals surface area contributed by atoms with E-state index in [1.165, 1.54) is 17.7 Å². The number of carbonyl (C=O) groups excluding carboxylic acids is 1. The Hall–Kier alpha value is -1.08. The molecule has 1 aromatic rings. The van der Waals surface area contributed by atoms with Gasteiger partial charge in [-0.2, -0.15) is 23.5 Å². The number of hydrogen-bond acceptors (Lipinski definition) is 6. The quantitative estimate of drug-likeness (QED) is 0.764. The molecule has 1 aliphatic heterocycles. The summed E-state index contributed by atoms with van der Waals surface area (Å²) in [4.78, 5) is 15.3. The van der Waals surface area contributed by atoms with Crippen LogP contribution in [0.4, 0.5) is 11.5 Å². The third-order valence-corrected chi connectivity index (χ3v) is 5.44. The molecule has 18 heavy (non-hydrogen) atoms. The van der Waals surface area contributed by atoms with Crippen LogP contribution in [-0.4, -0.2) is 39.9 Å². The van der Waals surface area contributed by atoms with Crippen molar-refractivity contribution in [3.8, 4) is 0 Å². The smallest absolute Gasteiger partial charge is 0.250 e. The lowest BCUT2D eigenvalue weighted by Gasteiger charge is -2.21. The molecule has 7 heteroatoms. The summed E-state index contributed by atoms with van der Waals surface area (Å²) in [6.07, 6.45) is 1.46. The number of hydrogen-bond donors (Lipinski definition) is 3. The van der Waals surface area contributed by atoms with Crippen molar-refractivity contribution >= 4 is 40.9 Å². The maximum atomic E-state index is 11.2. The fourth-order valence-corrected chi connectivity index (χ4v) is 4.26. The van der Waals surface area contributed by atoms with Crippen LogP contribution < -0.4 is 16.8 Å². The summed E-state index contributed by atoms with van der Waals surface area (Å²) < 4.78 is 0. The Morgan fingerprint density at radius 2 is 2.39 bits per heavy atom. The zero-order valence-corrected chi connectivity index (χ0v) is 11.5. The summed E-state index contributed by atoms with van der Waals surface area (Å²) >= 11 is 3.94. The van der Waals surface area contributed by atoms with Crippen molar-refractivity contribution in [2.24, 2.45) is 5.73 Å². The van der Waals surface area contributed by atoms with Crippen LogP contribution in [0.2, 0.25) is 0 Å². The van der Waals surface area contributed by atoms with E-state index in [1.807, 2.05) is 23.5 Å². The summed E-state index contributed by atoms with van der Waals surface area (Å²) in [5.41, 5.74) is 11.5. The van der Waals surface area contributed by atoms with E-state index in [2.05, 4.69) is 10.3 Å². The predicted molar refractivity (Wildman–Crippen MR) is 79.2 cm³/mol. The molecule has 2 heterocycles. The number of aromatic nitrogens is 1. The number of nitrogen functional groups attached to an aromatic ring is 1. The lowest BCUT2D eigenvalue weighted by atomic mass is 10.2. The van der Waals surface area contributed by atoms with Crippen LogP contribution in [0.5, 0.6) is 0 Å². The van der Waals surface area contributed by atoms with Crippen LogP contribution >= 0.6 is 23.5 Å². The Bertz CT molecular complexity index is 435. The van der Waals surface area contributed by atoms with Crippen LogP contribution in [0.15, 0.2) is 12.3 Å². The number of pyridine rings is 1. The van der Waals surface area contributed by atoms with Gasteiger partial charge in [0.2, 0.25) is 0 Å². The summed E-state index contributed by atoms with van der Waals surface area (Å²) in [6, 6.07) is 1.61. The van der Waals surface area contributed by atoms with Crippen LogP contribution in [0.3, 0.4) is 0 Å².